The topological polar surface area (TPSA) is 86.1 Å². The second kappa shape index (κ2) is 6.49. The van der Waals surface area contributed by atoms with Crippen LogP contribution in [0.25, 0.3) is 0 Å². The highest BCUT2D eigenvalue weighted by Gasteiger charge is 2.15. The van der Waals surface area contributed by atoms with Crippen LogP contribution in [0.5, 0.6) is 0 Å². The van der Waals surface area contributed by atoms with Gasteiger partial charge in [-0.05, 0) is 13.8 Å². The van der Waals surface area contributed by atoms with Gasteiger partial charge in [0.25, 0.3) is 5.91 Å². The zero-order chi connectivity index (χ0) is 15.4. The molecule has 0 aliphatic heterocycles. The van der Waals surface area contributed by atoms with Gasteiger partial charge in [-0.3, -0.25) is 19.6 Å². The molecule has 21 heavy (non-hydrogen) atoms. The van der Waals surface area contributed by atoms with E-state index in [0.29, 0.717) is 28.7 Å². The Morgan fingerprint density at radius 1 is 1.48 bits per heavy atom. The van der Waals surface area contributed by atoms with Gasteiger partial charge in [0, 0.05) is 18.6 Å². The van der Waals surface area contributed by atoms with E-state index >= 15 is 0 Å². The molecule has 0 spiro atoms. The molecule has 0 radical (unpaired) electrons. The predicted octanol–water partition coefficient (Wildman–Crippen LogP) is 1.54. The summed E-state index contributed by atoms with van der Waals surface area (Å²) in [5.41, 5.74) is 1.73. The Hall–Kier alpha value is -2.22. The zero-order valence-corrected chi connectivity index (χ0v) is 12.9. The van der Waals surface area contributed by atoms with Crippen molar-refractivity contribution in [2.45, 2.75) is 20.3 Å². The Bertz CT molecular complexity index is 662. The van der Waals surface area contributed by atoms with Gasteiger partial charge in [0.05, 0.1) is 30.0 Å². The van der Waals surface area contributed by atoms with Gasteiger partial charge in [-0.25, -0.2) is 4.98 Å². The van der Waals surface area contributed by atoms with Crippen molar-refractivity contribution in [1.29, 1.82) is 0 Å². The first-order valence-corrected chi connectivity index (χ1v) is 7.29. The first-order chi connectivity index (χ1) is 9.99. The van der Waals surface area contributed by atoms with E-state index in [1.165, 1.54) is 11.3 Å². The molecular formula is C13H16N4O3S. The van der Waals surface area contributed by atoms with Gasteiger partial charge in [-0.15, -0.1) is 11.3 Å². The molecule has 0 unspecified atom stereocenters. The summed E-state index contributed by atoms with van der Waals surface area (Å²) in [6, 6.07) is 0. The van der Waals surface area contributed by atoms with E-state index in [2.05, 4.69) is 15.4 Å². The molecule has 8 heteroatoms. The summed E-state index contributed by atoms with van der Waals surface area (Å²) in [5.74, 6) is -0.596. The van der Waals surface area contributed by atoms with Crippen molar-refractivity contribution in [2.24, 2.45) is 7.05 Å². The maximum absolute atomic E-state index is 12.1. The number of ether oxygens (including phenoxy) is 1. The van der Waals surface area contributed by atoms with Crippen LogP contribution in [0.1, 0.15) is 28.7 Å². The summed E-state index contributed by atoms with van der Waals surface area (Å²) in [6.07, 6.45) is 1.75. The van der Waals surface area contributed by atoms with E-state index in [9.17, 15) is 9.59 Å². The van der Waals surface area contributed by atoms with E-state index in [1.807, 2.05) is 0 Å². The van der Waals surface area contributed by atoms with Crippen LogP contribution >= 0.6 is 11.3 Å². The maximum Gasteiger partial charge on any atom is 0.311 e. The Morgan fingerprint density at radius 2 is 2.24 bits per heavy atom. The van der Waals surface area contributed by atoms with Crippen molar-refractivity contribution in [3.05, 3.63) is 28.5 Å². The number of hydrogen-bond donors (Lipinski definition) is 1. The minimum atomic E-state index is -0.330. The van der Waals surface area contributed by atoms with Crippen LogP contribution in [0, 0.1) is 6.92 Å². The smallest absolute Gasteiger partial charge is 0.311 e. The minimum absolute atomic E-state index is 0.103. The summed E-state index contributed by atoms with van der Waals surface area (Å²) >= 11 is 1.27. The minimum Gasteiger partial charge on any atom is -0.466 e. The lowest BCUT2D eigenvalue weighted by atomic mass is 10.2. The number of hydrogen-bond acceptors (Lipinski definition) is 6. The maximum atomic E-state index is 12.1. The molecule has 0 saturated carbocycles. The predicted molar refractivity (Wildman–Crippen MR) is 78.3 cm³/mol. The number of esters is 1. The van der Waals surface area contributed by atoms with Crippen molar-refractivity contribution in [1.82, 2.24) is 14.8 Å². The Labute approximate surface area is 125 Å². The molecule has 1 amide bonds. The standard InChI is InChI=1S/C13H16N4O3S/c1-4-20-11(18)5-9-7-21-13(14-9)15-12(19)10-6-17(3)16-8(10)2/h6-7H,4-5H2,1-3H3,(H,14,15,19). The highest BCUT2D eigenvalue weighted by molar-refractivity contribution is 7.14. The molecule has 2 aromatic heterocycles. The van der Waals surface area contributed by atoms with Crippen LogP contribution in [0.4, 0.5) is 5.13 Å². The number of aromatic nitrogens is 3. The summed E-state index contributed by atoms with van der Waals surface area (Å²) in [7, 11) is 1.75. The van der Waals surface area contributed by atoms with Crippen molar-refractivity contribution in [3.63, 3.8) is 0 Å². The fourth-order valence-electron chi connectivity index (χ4n) is 1.79. The van der Waals surface area contributed by atoms with Crippen LogP contribution < -0.4 is 5.32 Å². The van der Waals surface area contributed by atoms with E-state index in [0.717, 1.165) is 0 Å². The summed E-state index contributed by atoms with van der Waals surface area (Å²) in [4.78, 5) is 27.6. The van der Waals surface area contributed by atoms with Crippen LogP contribution in [-0.4, -0.2) is 33.2 Å². The third kappa shape index (κ3) is 3.88. The molecule has 0 aliphatic carbocycles. The summed E-state index contributed by atoms with van der Waals surface area (Å²) in [6.45, 7) is 3.86. The van der Waals surface area contributed by atoms with E-state index < -0.39 is 0 Å². The molecule has 7 nitrogen and oxygen atoms in total. The molecule has 0 bridgehead atoms. The fraction of sp³-hybridized carbons (Fsp3) is 0.385. The van der Waals surface area contributed by atoms with Crippen LogP contribution in [0.2, 0.25) is 0 Å². The Kier molecular flexibility index (Phi) is 4.69. The van der Waals surface area contributed by atoms with Gasteiger partial charge in [-0.2, -0.15) is 5.10 Å². The molecule has 0 fully saturated rings. The van der Waals surface area contributed by atoms with Gasteiger partial charge in [-0.1, -0.05) is 0 Å². The molecule has 1 N–H and O–H groups in total. The number of aryl methyl sites for hydroxylation is 2. The number of carbonyl (C=O) groups excluding carboxylic acids is 2. The van der Waals surface area contributed by atoms with Gasteiger partial charge < -0.3 is 4.74 Å². The number of nitrogens with one attached hydrogen (secondary N) is 1. The molecular weight excluding hydrogens is 292 g/mol. The van der Waals surface area contributed by atoms with Crippen LogP contribution in [0.3, 0.4) is 0 Å². The quantitative estimate of drug-likeness (QED) is 0.847. The molecule has 0 aliphatic rings. The van der Waals surface area contributed by atoms with E-state index in [4.69, 9.17) is 4.74 Å². The molecule has 2 rings (SSSR count). The molecule has 0 saturated heterocycles. The van der Waals surface area contributed by atoms with Gasteiger partial charge >= 0.3 is 5.97 Å². The number of anilines is 1. The van der Waals surface area contributed by atoms with Gasteiger partial charge in [0.2, 0.25) is 0 Å². The number of rotatable bonds is 5. The monoisotopic (exact) mass is 308 g/mol. The third-order valence-corrected chi connectivity index (χ3v) is 3.47. The number of carbonyl (C=O) groups is 2. The molecule has 0 aromatic carbocycles. The van der Waals surface area contributed by atoms with Crippen LogP contribution in [0.15, 0.2) is 11.6 Å². The summed E-state index contributed by atoms with van der Waals surface area (Å²) in [5, 5.41) is 8.99. The lowest BCUT2D eigenvalue weighted by Gasteiger charge is -2.00. The average molecular weight is 308 g/mol. The highest BCUT2D eigenvalue weighted by atomic mass is 32.1. The second-order valence-electron chi connectivity index (χ2n) is 4.38. The molecule has 2 aromatic rings. The summed E-state index contributed by atoms with van der Waals surface area (Å²) < 4.78 is 6.43. The highest BCUT2D eigenvalue weighted by Crippen LogP contribution is 2.17. The first kappa shape index (κ1) is 15.2. The normalized spacial score (nSPS) is 10.4. The number of thiazole rings is 1. The SMILES string of the molecule is CCOC(=O)Cc1csc(NC(=O)c2cn(C)nc2C)n1. The van der Waals surface area contributed by atoms with Gasteiger partial charge in [0.15, 0.2) is 5.13 Å². The van der Waals surface area contributed by atoms with Crippen molar-refractivity contribution < 1.29 is 14.3 Å². The van der Waals surface area contributed by atoms with Crippen molar-refractivity contribution >= 4 is 28.3 Å². The van der Waals surface area contributed by atoms with Crippen molar-refractivity contribution in [3.8, 4) is 0 Å². The molecule has 0 atom stereocenters. The van der Waals surface area contributed by atoms with Crippen LogP contribution in [-0.2, 0) is 23.0 Å². The van der Waals surface area contributed by atoms with Gasteiger partial charge in [0.1, 0.15) is 0 Å². The number of amides is 1. The molecule has 2 heterocycles. The fourth-order valence-corrected chi connectivity index (χ4v) is 2.50. The zero-order valence-electron chi connectivity index (χ0n) is 12.0. The largest absolute Gasteiger partial charge is 0.466 e. The second-order valence-corrected chi connectivity index (χ2v) is 5.24. The average Bonchev–Trinajstić information content (AvgIpc) is 2.96. The van der Waals surface area contributed by atoms with E-state index in [1.54, 1.807) is 37.2 Å². The molecule has 112 valence electrons. The Balaban J connectivity index is 2.00. The van der Waals surface area contributed by atoms with E-state index in [-0.39, 0.29) is 18.3 Å². The third-order valence-electron chi connectivity index (χ3n) is 2.66. The number of nitrogens with zero attached hydrogens (tertiary/aromatic N) is 3. The Morgan fingerprint density at radius 3 is 2.86 bits per heavy atom. The lowest BCUT2D eigenvalue weighted by molar-refractivity contribution is -0.142. The lowest BCUT2D eigenvalue weighted by Crippen LogP contribution is -2.12. The van der Waals surface area contributed by atoms with Crippen molar-refractivity contribution in [2.75, 3.05) is 11.9 Å². The first-order valence-electron chi connectivity index (χ1n) is 6.41.